The van der Waals surface area contributed by atoms with Gasteiger partial charge >= 0.3 is 0 Å². The number of rotatable bonds is 6. The van der Waals surface area contributed by atoms with Gasteiger partial charge in [-0.2, -0.15) is 0 Å². The molecule has 0 aliphatic heterocycles. The number of hydrogen-bond donors (Lipinski definition) is 2. The molecule has 0 amide bonds. The highest BCUT2D eigenvalue weighted by Gasteiger charge is 2.14. The summed E-state index contributed by atoms with van der Waals surface area (Å²) in [5.74, 6) is 0. The van der Waals surface area contributed by atoms with Gasteiger partial charge in [-0.25, -0.2) is 0 Å². The zero-order valence-corrected chi connectivity index (χ0v) is 10.7. The third-order valence-electron chi connectivity index (χ3n) is 3.05. The highest BCUT2D eigenvalue weighted by molar-refractivity contribution is 5.44. The average Bonchev–Trinajstić information content (AvgIpc) is 2.30. The fourth-order valence-corrected chi connectivity index (χ4v) is 1.51. The smallest absolute Gasteiger partial charge is 0.0340 e. The molecule has 2 heteroatoms. The van der Waals surface area contributed by atoms with Crippen LogP contribution in [0.1, 0.15) is 32.8 Å². The van der Waals surface area contributed by atoms with Crippen molar-refractivity contribution in [3.8, 4) is 0 Å². The fraction of sp³-hybridized carbons (Fsp3) is 0.571. The maximum atomic E-state index is 5.70. The number of anilines is 1. The third-order valence-corrected chi connectivity index (χ3v) is 3.05. The lowest BCUT2D eigenvalue weighted by Crippen LogP contribution is -2.26. The maximum absolute atomic E-state index is 5.70. The predicted molar refractivity (Wildman–Crippen MR) is 71.8 cm³/mol. The first-order valence-electron chi connectivity index (χ1n) is 6.10. The molecule has 0 radical (unpaired) electrons. The van der Waals surface area contributed by atoms with Crippen LogP contribution in [-0.4, -0.2) is 13.1 Å². The van der Waals surface area contributed by atoms with E-state index in [1.54, 1.807) is 0 Å². The molecule has 0 atom stereocenters. The van der Waals surface area contributed by atoms with Gasteiger partial charge in [0, 0.05) is 12.2 Å². The fourth-order valence-electron chi connectivity index (χ4n) is 1.51. The maximum Gasteiger partial charge on any atom is 0.0340 e. The van der Waals surface area contributed by atoms with Gasteiger partial charge in [-0.3, -0.25) is 0 Å². The quantitative estimate of drug-likeness (QED) is 0.773. The molecule has 0 heterocycles. The van der Waals surface area contributed by atoms with Crippen LogP contribution in [0.4, 0.5) is 5.69 Å². The van der Waals surface area contributed by atoms with Crippen LogP contribution in [0.2, 0.25) is 0 Å². The molecule has 0 aromatic heterocycles. The van der Waals surface area contributed by atoms with Crippen LogP contribution < -0.4 is 11.1 Å². The zero-order chi connectivity index (χ0) is 12.0. The zero-order valence-electron chi connectivity index (χ0n) is 10.7. The first-order valence-corrected chi connectivity index (χ1v) is 6.10. The summed E-state index contributed by atoms with van der Waals surface area (Å²) < 4.78 is 0. The van der Waals surface area contributed by atoms with Crippen molar-refractivity contribution in [3.05, 3.63) is 29.8 Å². The molecule has 0 fully saturated rings. The highest BCUT2D eigenvalue weighted by Crippen LogP contribution is 2.18. The molecule has 0 aliphatic rings. The van der Waals surface area contributed by atoms with Crippen LogP contribution in [0.25, 0.3) is 0 Å². The second kappa shape index (κ2) is 5.90. The number of benzene rings is 1. The molecule has 0 bridgehead atoms. The van der Waals surface area contributed by atoms with Crippen molar-refractivity contribution in [2.75, 3.05) is 18.4 Å². The van der Waals surface area contributed by atoms with E-state index < -0.39 is 0 Å². The summed E-state index contributed by atoms with van der Waals surface area (Å²) in [7, 11) is 0. The van der Waals surface area contributed by atoms with Crippen molar-refractivity contribution >= 4 is 5.69 Å². The number of aryl methyl sites for hydroxylation is 1. The van der Waals surface area contributed by atoms with E-state index in [0.29, 0.717) is 0 Å². The topological polar surface area (TPSA) is 38.0 Å². The average molecular weight is 220 g/mol. The Morgan fingerprint density at radius 1 is 1.19 bits per heavy atom. The van der Waals surface area contributed by atoms with Crippen LogP contribution in [0.3, 0.4) is 0 Å². The van der Waals surface area contributed by atoms with Crippen molar-refractivity contribution in [2.24, 2.45) is 11.1 Å². The lowest BCUT2D eigenvalue weighted by Gasteiger charge is -2.22. The van der Waals surface area contributed by atoms with E-state index in [9.17, 15) is 0 Å². The number of nitrogens with two attached hydrogens (primary N) is 1. The molecular weight excluding hydrogens is 196 g/mol. The second-order valence-corrected chi connectivity index (χ2v) is 5.10. The summed E-state index contributed by atoms with van der Waals surface area (Å²) in [5, 5.41) is 3.43. The molecule has 3 N–H and O–H groups in total. The molecule has 2 nitrogen and oxygen atoms in total. The van der Waals surface area contributed by atoms with Crippen molar-refractivity contribution in [1.29, 1.82) is 0 Å². The minimum atomic E-state index is 0.232. The van der Waals surface area contributed by atoms with Crippen LogP contribution in [0.15, 0.2) is 24.3 Å². The van der Waals surface area contributed by atoms with Crippen molar-refractivity contribution in [1.82, 2.24) is 0 Å². The normalized spacial score (nSPS) is 11.5. The van der Waals surface area contributed by atoms with Crippen LogP contribution >= 0.6 is 0 Å². The summed E-state index contributed by atoms with van der Waals surface area (Å²) in [6.45, 7) is 8.30. The molecule has 16 heavy (non-hydrogen) atoms. The van der Waals surface area contributed by atoms with Crippen LogP contribution in [-0.2, 0) is 6.42 Å². The van der Waals surface area contributed by atoms with Gasteiger partial charge in [0.05, 0.1) is 0 Å². The molecule has 1 rings (SSSR count). The number of nitrogens with one attached hydrogen (secondary N) is 1. The molecule has 0 unspecified atom stereocenters. The lowest BCUT2D eigenvalue weighted by atomic mass is 9.90. The van der Waals surface area contributed by atoms with Crippen molar-refractivity contribution in [2.45, 2.75) is 33.6 Å². The molecule has 90 valence electrons. The molecular formula is C14H24N2. The largest absolute Gasteiger partial charge is 0.385 e. The Balaban J connectivity index is 2.37. The van der Waals surface area contributed by atoms with Gasteiger partial charge in [-0.1, -0.05) is 32.9 Å². The van der Waals surface area contributed by atoms with Crippen molar-refractivity contribution in [3.63, 3.8) is 0 Å². The van der Waals surface area contributed by atoms with Gasteiger partial charge in [-0.15, -0.1) is 0 Å². The van der Waals surface area contributed by atoms with Gasteiger partial charge in [0.25, 0.3) is 0 Å². The van der Waals surface area contributed by atoms with Crippen LogP contribution in [0, 0.1) is 5.41 Å². The molecule has 1 aromatic carbocycles. The Bertz CT molecular complexity index is 301. The summed E-state index contributed by atoms with van der Waals surface area (Å²) in [6.07, 6.45) is 2.19. The first-order chi connectivity index (χ1) is 7.57. The molecule has 0 aliphatic carbocycles. The molecule has 0 saturated carbocycles. The minimum absolute atomic E-state index is 0.232. The predicted octanol–water partition coefficient (Wildman–Crippen LogP) is 3.04. The van der Waals surface area contributed by atoms with E-state index in [1.165, 1.54) is 11.3 Å². The monoisotopic (exact) mass is 220 g/mol. The van der Waals surface area contributed by atoms with Gasteiger partial charge in [-0.05, 0) is 42.5 Å². The van der Waals surface area contributed by atoms with Gasteiger partial charge in [0.1, 0.15) is 0 Å². The van der Waals surface area contributed by atoms with Gasteiger partial charge in [0.15, 0.2) is 0 Å². The molecule has 0 spiro atoms. The van der Waals surface area contributed by atoms with Crippen LogP contribution in [0.5, 0.6) is 0 Å². The van der Waals surface area contributed by atoms with Crippen molar-refractivity contribution < 1.29 is 0 Å². The lowest BCUT2D eigenvalue weighted by molar-refractivity contribution is 0.358. The first kappa shape index (κ1) is 13.0. The summed E-state index contributed by atoms with van der Waals surface area (Å²) in [5.41, 5.74) is 8.51. The number of hydrogen-bond acceptors (Lipinski definition) is 2. The SMILES string of the molecule is CCc1ccc(NCCC(C)(C)CN)cc1. The standard InChI is InChI=1S/C14H24N2/c1-4-12-5-7-13(8-6-12)16-10-9-14(2,3)11-15/h5-8,16H,4,9-11,15H2,1-3H3. The Morgan fingerprint density at radius 3 is 2.31 bits per heavy atom. The van der Waals surface area contributed by atoms with E-state index in [-0.39, 0.29) is 5.41 Å². The van der Waals surface area contributed by atoms with E-state index in [1.807, 2.05) is 0 Å². The van der Waals surface area contributed by atoms with E-state index >= 15 is 0 Å². The Kier molecular flexibility index (Phi) is 4.81. The van der Waals surface area contributed by atoms with E-state index in [0.717, 1.165) is 25.9 Å². The van der Waals surface area contributed by atoms with E-state index in [2.05, 4.69) is 50.4 Å². The molecule has 1 aromatic rings. The van der Waals surface area contributed by atoms with Gasteiger partial charge in [0.2, 0.25) is 0 Å². The van der Waals surface area contributed by atoms with E-state index in [4.69, 9.17) is 5.73 Å². The summed E-state index contributed by atoms with van der Waals surface area (Å²) >= 11 is 0. The molecule has 0 saturated heterocycles. The summed E-state index contributed by atoms with van der Waals surface area (Å²) in [6, 6.07) is 8.65. The van der Waals surface area contributed by atoms with Gasteiger partial charge < -0.3 is 11.1 Å². The Morgan fingerprint density at radius 2 is 1.81 bits per heavy atom. The Labute approximate surface area is 99.2 Å². The summed E-state index contributed by atoms with van der Waals surface area (Å²) in [4.78, 5) is 0. The highest BCUT2D eigenvalue weighted by atomic mass is 14.9. The Hall–Kier alpha value is -1.02. The third kappa shape index (κ3) is 4.23. The second-order valence-electron chi connectivity index (χ2n) is 5.10. The minimum Gasteiger partial charge on any atom is -0.385 e.